The largest absolute Gasteiger partial charge is 0.481 e. The molecule has 2 aromatic rings. The van der Waals surface area contributed by atoms with Gasteiger partial charge in [-0.15, -0.1) is 0 Å². The quantitative estimate of drug-likeness (QED) is 0.938. The second-order valence-corrected chi connectivity index (χ2v) is 4.68. The van der Waals surface area contributed by atoms with Crippen LogP contribution in [0.5, 0.6) is 0 Å². The van der Waals surface area contributed by atoms with Crippen LogP contribution >= 0.6 is 15.9 Å². The topological polar surface area (TPSA) is 50.4 Å². The molecule has 1 aromatic carbocycles. The van der Waals surface area contributed by atoms with E-state index in [1.807, 2.05) is 18.2 Å². The molecule has 0 fully saturated rings. The average molecular weight is 283 g/mol. The zero-order valence-electron chi connectivity index (χ0n) is 8.74. The van der Waals surface area contributed by atoms with E-state index in [-0.39, 0.29) is 0 Å². The first kappa shape index (κ1) is 11.2. The van der Waals surface area contributed by atoms with E-state index in [9.17, 15) is 4.79 Å². The Bertz CT molecular complexity index is 530. The Labute approximate surface area is 101 Å². The molecule has 0 amide bonds. The van der Waals surface area contributed by atoms with Crippen LogP contribution in [0.1, 0.15) is 12.5 Å². The molecule has 0 saturated heterocycles. The van der Waals surface area contributed by atoms with Crippen LogP contribution in [0.2, 0.25) is 0 Å². The van der Waals surface area contributed by atoms with Gasteiger partial charge in [0.05, 0.1) is 16.7 Å². The van der Waals surface area contributed by atoms with Crippen molar-refractivity contribution in [2.45, 2.75) is 13.3 Å². The lowest BCUT2D eigenvalue weighted by Gasteiger charge is -2.03. The summed E-state index contributed by atoms with van der Waals surface area (Å²) in [4.78, 5) is 10.8. The third-order valence-electron chi connectivity index (χ3n) is 2.58. The van der Waals surface area contributed by atoms with Crippen LogP contribution in [-0.2, 0) is 11.2 Å². The van der Waals surface area contributed by atoms with Gasteiger partial charge in [0.2, 0.25) is 0 Å². The molecular weight excluding hydrogens is 272 g/mol. The Balaban J connectivity index is 2.39. The average Bonchev–Trinajstić information content (AvgIpc) is 2.63. The van der Waals surface area contributed by atoms with E-state index in [2.05, 4.69) is 15.9 Å². The SMILES string of the molecule is CC(Cc1coc2c(Br)cccc12)C(=O)O. The van der Waals surface area contributed by atoms with Crippen molar-refractivity contribution in [2.75, 3.05) is 0 Å². The maximum Gasteiger partial charge on any atom is 0.306 e. The van der Waals surface area contributed by atoms with Crippen molar-refractivity contribution < 1.29 is 14.3 Å². The molecule has 2 rings (SSSR count). The van der Waals surface area contributed by atoms with Crippen LogP contribution in [0.15, 0.2) is 33.4 Å². The number of aliphatic carboxylic acids is 1. The van der Waals surface area contributed by atoms with Gasteiger partial charge in [-0.05, 0) is 34.0 Å². The van der Waals surface area contributed by atoms with Crippen molar-refractivity contribution in [3.63, 3.8) is 0 Å². The second-order valence-electron chi connectivity index (χ2n) is 3.82. The fourth-order valence-corrected chi connectivity index (χ4v) is 2.11. The number of furan rings is 1. The van der Waals surface area contributed by atoms with Crippen molar-refractivity contribution in [3.05, 3.63) is 34.5 Å². The minimum atomic E-state index is -0.788. The first-order valence-corrected chi connectivity index (χ1v) is 5.76. The molecule has 0 aliphatic carbocycles. The molecule has 84 valence electrons. The first-order chi connectivity index (χ1) is 7.59. The molecule has 1 atom stereocenters. The standard InChI is InChI=1S/C12H11BrO3/c1-7(12(14)15)5-8-6-16-11-9(8)3-2-4-10(11)13/h2-4,6-7H,5H2,1H3,(H,14,15). The summed E-state index contributed by atoms with van der Waals surface area (Å²) in [6.07, 6.45) is 2.12. The first-order valence-electron chi connectivity index (χ1n) is 4.97. The molecule has 4 heteroatoms. The van der Waals surface area contributed by atoms with Crippen molar-refractivity contribution >= 4 is 32.9 Å². The van der Waals surface area contributed by atoms with E-state index in [1.54, 1.807) is 13.2 Å². The third-order valence-corrected chi connectivity index (χ3v) is 3.20. The lowest BCUT2D eigenvalue weighted by molar-refractivity contribution is -0.141. The fraction of sp³-hybridized carbons (Fsp3) is 0.250. The monoisotopic (exact) mass is 282 g/mol. The van der Waals surface area contributed by atoms with Gasteiger partial charge in [0.15, 0.2) is 0 Å². The molecule has 0 spiro atoms. The number of hydrogen-bond acceptors (Lipinski definition) is 2. The van der Waals surface area contributed by atoms with E-state index in [4.69, 9.17) is 9.52 Å². The Hall–Kier alpha value is -1.29. The minimum Gasteiger partial charge on any atom is -0.481 e. The van der Waals surface area contributed by atoms with Gasteiger partial charge in [-0.1, -0.05) is 19.1 Å². The zero-order valence-corrected chi connectivity index (χ0v) is 10.3. The van der Waals surface area contributed by atoms with E-state index >= 15 is 0 Å². The van der Waals surface area contributed by atoms with Gasteiger partial charge in [-0.2, -0.15) is 0 Å². The molecule has 0 bridgehead atoms. The summed E-state index contributed by atoms with van der Waals surface area (Å²) in [6.45, 7) is 1.69. The van der Waals surface area contributed by atoms with E-state index in [1.165, 1.54) is 0 Å². The smallest absolute Gasteiger partial charge is 0.306 e. The van der Waals surface area contributed by atoms with E-state index in [0.717, 1.165) is 21.0 Å². The summed E-state index contributed by atoms with van der Waals surface area (Å²) in [5.41, 5.74) is 1.71. The number of fused-ring (bicyclic) bond motifs is 1. The summed E-state index contributed by atoms with van der Waals surface area (Å²) < 4.78 is 6.31. The van der Waals surface area contributed by atoms with E-state index in [0.29, 0.717) is 6.42 Å². The molecule has 16 heavy (non-hydrogen) atoms. The normalized spacial score (nSPS) is 12.9. The van der Waals surface area contributed by atoms with Crippen LogP contribution in [0, 0.1) is 5.92 Å². The molecule has 0 aliphatic rings. The molecule has 1 unspecified atom stereocenters. The number of para-hydroxylation sites is 1. The Morgan fingerprint density at radius 3 is 3.00 bits per heavy atom. The fourth-order valence-electron chi connectivity index (χ4n) is 1.65. The molecule has 1 N–H and O–H groups in total. The predicted molar refractivity (Wildman–Crippen MR) is 64.4 cm³/mol. The number of carbonyl (C=O) groups is 1. The summed E-state index contributed by atoms with van der Waals surface area (Å²) in [5, 5.41) is 9.84. The molecule has 0 radical (unpaired) electrons. The highest BCUT2D eigenvalue weighted by Crippen LogP contribution is 2.29. The van der Waals surface area contributed by atoms with Gasteiger partial charge in [0, 0.05) is 5.39 Å². The molecule has 3 nitrogen and oxygen atoms in total. The zero-order chi connectivity index (χ0) is 11.7. The number of carboxylic acid groups (broad SMARTS) is 1. The maximum absolute atomic E-state index is 10.8. The van der Waals surface area contributed by atoms with Crippen LogP contribution < -0.4 is 0 Å². The minimum absolute atomic E-state index is 0.403. The van der Waals surface area contributed by atoms with Crippen molar-refractivity contribution in [2.24, 2.45) is 5.92 Å². The predicted octanol–water partition coefficient (Wildman–Crippen LogP) is 3.46. The van der Waals surface area contributed by atoms with Crippen LogP contribution in [0.3, 0.4) is 0 Å². The molecule has 0 aliphatic heterocycles. The van der Waals surface area contributed by atoms with Crippen LogP contribution in [0.25, 0.3) is 11.0 Å². The van der Waals surface area contributed by atoms with Crippen molar-refractivity contribution in [1.82, 2.24) is 0 Å². The van der Waals surface area contributed by atoms with Crippen LogP contribution in [0.4, 0.5) is 0 Å². The Morgan fingerprint density at radius 2 is 2.31 bits per heavy atom. The number of carboxylic acids is 1. The molecule has 1 aromatic heterocycles. The van der Waals surface area contributed by atoms with Gasteiger partial charge in [-0.3, -0.25) is 4.79 Å². The van der Waals surface area contributed by atoms with Gasteiger partial charge < -0.3 is 9.52 Å². The molecular formula is C12H11BrO3. The third kappa shape index (κ3) is 1.97. The summed E-state index contributed by atoms with van der Waals surface area (Å²) in [5.74, 6) is -1.19. The number of hydrogen-bond donors (Lipinski definition) is 1. The Kier molecular flexibility index (Phi) is 3.01. The van der Waals surface area contributed by atoms with Gasteiger partial charge in [0.1, 0.15) is 5.58 Å². The molecule has 0 saturated carbocycles. The number of rotatable bonds is 3. The Morgan fingerprint density at radius 1 is 1.56 bits per heavy atom. The number of benzene rings is 1. The van der Waals surface area contributed by atoms with Gasteiger partial charge in [0.25, 0.3) is 0 Å². The second kappa shape index (κ2) is 4.29. The van der Waals surface area contributed by atoms with Crippen molar-refractivity contribution in [1.29, 1.82) is 0 Å². The highest BCUT2D eigenvalue weighted by molar-refractivity contribution is 9.10. The lowest BCUT2D eigenvalue weighted by Crippen LogP contribution is -2.11. The van der Waals surface area contributed by atoms with Gasteiger partial charge in [-0.25, -0.2) is 0 Å². The summed E-state index contributed by atoms with van der Waals surface area (Å²) in [6, 6.07) is 5.75. The molecule has 1 heterocycles. The number of halogens is 1. The summed E-state index contributed by atoms with van der Waals surface area (Å²) in [7, 11) is 0. The highest BCUT2D eigenvalue weighted by atomic mass is 79.9. The summed E-state index contributed by atoms with van der Waals surface area (Å²) >= 11 is 3.40. The van der Waals surface area contributed by atoms with Crippen LogP contribution in [-0.4, -0.2) is 11.1 Å². The van der Waals surface area contributed by atoms with Gasteiger partial charge >= 0.3 is 5.97 Å². The maximum atomic E-state index is 10.8. The van der Waals surface area contributed by atoms with E-state index < -0.39 is 11.9 Å². The highest BCUT2D eigenvalue weighted by Gasteiger charge is 2.15. The lowest BCUT2D eigenvalue weighted by atomic mass is 10.0. The van der Waals surface area contributed by atoms with Crippen molar-refractivity contribution in [3.8, 4) is 0 Å².